The van der Waals surface area contributed by atoms with Gasteiger partial charge in [-0.25, -0.2) is 4.79 Å². The Morgan fingerprint density at radius 1 is 1.22 bits per heavy atom. The third-order valence-electron chi connectivity index (χ3n) is 4.42. The molecule has 0 spiro atoms. The lowest BCUT2D eigenvalue weighted by molar-refractivity contribution is -0.148. The fraction of sp³-hybridized carbons (Fsp3) is 0.556. The fourth-order valence-electron chi connectivity index (χ4n) is 2.92. The molecule has 0 bridgehead atoms. The average Bonchev–Trinajstić information content (AvgIpc) is 2.59. The zero-order valence-corrected chi connectivity index (χ0v) is 14.0. The molecule has 0 radical (unpaired) electrons. The first kappa shape index (κ1) is 17.3. The zero-order valence-electron chi connectivity index (χ0n) is 14.0. The van der Waals surface area contributed by atoms with Crippen molar-refractivity contribution in [3.05, 3.63) is 35.9 Å². The Morgan fingerprint density at radius 3 is 2.52 bits per heavy atom. The molecule has 1 fully saturated rings. The van der Waals surface area contributed by atoms with Crippen LogP contribution in [0.2, 0.25) is 0 Å². The Morgan fingerprint density at radius 2 is 1.91 bits per heavy atom. The maximum Gasteiger partial charge on any atom is 0.410 e. The second-order valence-electron chi connectivity index (χ2n) is 6.41. The van der Waals surface area contributed by atoms with Gasteiger partial charge >= 0.3 is 12.1 Å². The number of hydrogen-bond donors (Lipinski definition) is 0. The van der Waals surface area contributed by atoms with Crippen LogP contribution in [0.4, 0.5) is 4.79 Å². The van der Waals surface area contributed by atoms with Gasteiger partial charge in [-0.1, -0.05) is 44.2 Å². The number of carbonyl (C=O) groups is 2. The number of esters is 1. The topological polar surface area (TPSA) is 55.8 Å². The van der Waals surface area contributed by atoms with Crippen LogP contribution in [0.1, 0.15) is 25.8 Å². The number of nitrogens with zero attached hydrogens (tertiary/aromatic N) is 1. The van der Waals surface area contributed by atoms with E-state index >= 15 is 0 Å². The third kappa shape index (κ3) is 4.71. The van der Waals surface area contributed by atoms with Gasteiger partial charge < -0.3 is 14.4 Å². The monoisotopic (exact) mass is 319 g/mol. The first-order valence-electron chi connectivity index (χ1n) is 8.04. The standard InChI is InChI=1S/C18H25NO4/c1-13(2)15-9-16(17(20)22-3)11-19(10-15)18(21)23-12-14-7-5-4-6-8-14/h4-8,13,15-16H,9-12H2,1-3H3/t15-,16-/m1/s1. The molecule has 0 aromatic heterocycles. The quantitative estimate of drug-likeness (QED) is 0.800. The van der Waals surface area contributed by atoms with Gasteiger partial charge in [-0.3, -0.25) is 4.79 Å². The molecule has 1 saturated heterocycles. The number of benzene rings is 1. The number of piperidine rings is 1. The molecule has 1 aromatic rings. The van der Waals surface area contributed by atoms with Crippen LogP contribution in [0, 0.1) is 17.8 Å². The number of methoxy groups -OCH3 is 1. The summed E-state index contributed by atoms with van der Waals surface area (Å²) in [6.45, 7) is 5.45. The zero-order chi connectivity index (χ0) is 16.8. The van der Waals surface area contributed by atoms with Crippen LogP contribution in [0.3, 0.4) is 0 Å². The number of amides is 1. The summed E-state index contributed by atoms with van der Waals surface area (Å²) in [6, 6.07) is 9.57. The lowest BCUT2D eigenvalue weighted by Gasteiger charge is -2.37. The van der Waals surface area contributed by atoms with E-state index in [1.807, 2.05) is 30.3 Å². The highest BCUT2D eigenvalue weighted by molar-refractivity contribution is 5.74. The van der Waals surface area contributed by atoms with E-state index in [0.717, 1.165) is 12.0 Å². The maximum absolute atomic E-state index is 12.3. The Kier molecular flexibility index (Phi) is 6.02. The third-order valence-corrected chi connectivity index (χ3v) is 4.42. The molecule has 2 rings (SSSR count). The molecule has 1 heterocycles. The summed E-state index contributed by atoms with van der Waals surface area (Å²) >= 11 is 0. The summed E-state index contributed by atoms with van der Waals surface area (Å²) in [7, 11) is 1.39. The Hall–Kier alpha value is -2.04. The van der Waals surface area contributed by atoms with E-state index in [-0.39, 0.29) is 30.5 Å². The molecule has 1 aliphatic rings. The summed E-state index contributed by atoms with van der Waals surface area (Å²) in [5.41, 5.74) is 0.947. The average molecular weight is 319 g/mol. The number of ether oxygens (including phenoxy) is 2. The van der Waals surface area contributed by atoms with Gasteiger partial charge in [0, 0.05) is 13.1 Å². The van der Waals surface area contributed by atoms with Gasteiger partial charge in [0.15, 0.2) is 0 Å². The van der Waals surface area contributed by atoms with Crippen LogP contribution in [-0.4, -0.2) is 37.2 Å². The molecule has 126 valence electrons. The van der Waals surface area contributed by atoms with E-state index in [0.29, 0.717) is 19.0 Å². The summed E-state index contributed by atoms with van der Waals surface area (Å²) in [5, 5.41) is 0. The summed E-state index contributed by atoms with van der Waals surface area (Å²) in [5.74, 6) is 0.144. The van der Waals surface area contributed by atoms with Crippen molar-refractivity contribution in [3.8, 4) is 0 Å². The molecule has 5 nitrogen and oxygen atoms in total. The highest BCUT2D eigenvalue weighted by atomic mass is 16.6. The highest BCUT2D eigenvalue weighted by Crippen LogP contribution is 2.28. The van der Waals surface area contributed by atoms with Crippen molar-refractivity contribution in [1.82, 2.24) is 4.90 Å². The lowest BCUT2D eigenvalue weighted by Crippen LogP contribution is -2.47. The van der Waals surface area contributed by atoms with Gasteiger partial charge in [-0.2, -0.15) is 0 Å². The fourth-order valence-corrected chi connectivity index (χ4v) is 2.92. The lowest BCUT2D eigenvalue weighted by atomic mass is 9.82. The van der Waals surface area contributed by atoms with Gasteiger partial charge in [0.25, 0.3) is 0 Å². The summed E-state index contributed by atoms with van der Waals surface area (Å²) in [6.07, 6.45) is 0.389. The van der Waals surface area contributed by atoms with Crippen molar-refractivity contribution in [3.63, 3.8) is 0 Å². The van der Waals surface area contributed by atoms with Crippen LogP contribution in [0.25, 0.3) is 0 Å². The minimum absolute atomic E-state index is 0.241. The van der Waals surface area contributed by atoms with Gasteiger partial charge in [-0.15, -0.1) is 0 Å². The van der Waals surface area contributed by atoms with Gasteiger partial charge in [0.1, 0.15) is 6.61 Å². The van der Waals surface area contributed by atoms with Crippen LogP contribution in [0.15, 0.2) is 30.3 Å². The second-order valence-corrected chi connectivity index (χ2v) is 6.41. The van der Waals surface area contributed by atoms with Crippen LogP contribution < -0.4 is 0 Å². The van der Waals surface area contributed by atoms with Crippen molar-refractivity contribution < 1.29 is 19.1 Å². The van der Waals surface area contributed by atoms with Crippen LogP contribution >= 0.6 is 0 Å². The SMILES string of the molecule is COC(=O)[C@@H]1C[C@@H](C(C)C)CN(C(=O)OCc2ccccc2)C1. The number of likely N-dealkylation sites (tertiary alicyclic amines) is 1. The largest absolute Gasteiger partial charge is 0.469 e. The molecule has 23 heavy (non-hydrogen) atoms. The molecule has 0 saturated carbocycles. The highest BCUT2D eigenvalue weighted by Gasteiger charge is 2.36. The predicted octanol–water partition coefficient (Wildman–Crippen LogP) is 3.09. The molecule has 0 aliphatic carbocycles. The molecule has 1 aliphatic heterocycles. The predicted molar refractivity (Wildman–Crippen MR) is 86.7 cm³/mol. The minimum Gasteiger partial charge on any atom is -0.469 e. The molecular weight excluding hydrogens is 294 g/mol. The summed E-state index contributed by atoms with van der Waals surface area (Å²) < 4.78 is 10.2. The van der Waals surface area contributed by atoms with Crippen molar-refractivity contribution in [2.45, 2.75) is 26.9 Å². The molecule has 1 amide bonds. The molecule has 0 unspecified atom stereocenters. The second kappa shape index (κ2) is 7.99. The molecule has 0 N–H and O–H groups in total. The van der Waals surface area contributed by atoms with E-state index < -0.39 is 0 Å². The first-order chi connectivity index (χ1) is 11.0. The van der Waals surface area contributed by atoms with Crippen molar-refractivity contribution >= 4 is 12.1 Å². The van der Waals surface area contributed by atoms with Gasteiger partial charge in [-0.05, 0) is 23.8 Å². The molecule has 1 aromatic carbocycles. The van der Waals surface area contributed by atoms with Crippen LogP contribution in [0.5, 0.6) is 0 Å². The molecule has 2 atom stereocenters. The van der Waals surface area contributed by atoms with Crippen molar-refractivity contribution in [1.29, 1.82) is 0 Å². The van der Waals surface area contributed by atoms with E-state index in [1.54, 1.807) is 4.90 Å². The molecular formula is C18H25NO4. The normalized spacial score (nSPS) is 21.1. The Balaban J connectivity index is 1.98. The van der Waals surface area contributed by atoms with Crippen LogP contribution in [-0.2, 0) is 20.9 Å². The Bertz CT molecular complexity index is 529. The summed E-state index contributed by atoms with van der Waals surface area (Å²) in [4.78, 5) is 25.9. The Labute approximate surface area is 137 Å². The number of carbonyl (C=O) groups excluding carboxylic acids is 2. The van der Waals surface area contributed by atoms with E-state index in [9.17, 15) is 9.59 Å². The van der Waals surface area contributed by atoms with E-state index in [2.05, 4.69) is 13.8 Å². The number of rotatable bonds is 4. The van der Waals surface area contributed by atoms with Gasteiger partial charge in [0.05, 0.1) is 13.0 Å². The smallest absolute Gasteiger partial charge is 0.410 e. The van der Waals surface area contributed by atoms with Crippen molar-refractivity contribution in [2.75, 3.05) is 20.2 Å². The van der Waals surface area contributed by atoms with Gasteiger partial charge in [0.2, 0.25) is 0 Å². The number of hydrogen-bond acceptors (Lipinski definition) is 4. The minimum atomic E-state index is -0.367. The first-order valence-corrected chi connectivity index (χ1v) is 8.04. The van der Waals surface area contributed by atoms with Crippen molar-refractivity contribution in [2.24, 2.45) is 17.8 Å². The maximum atomic E-state index is 12.3. The molecule has 5 heteroatoms. The van der Waals surface area contributed by atoms with E-state index in [4.69, 9.17) is 9.47 Å². The van der Waals surface area contributed by atoms with E-state index in [1.165, 1.54) is 7.11 Å².